The van der Waals surface area contributed by atoms with Gasteiger partial charge in [-0.25, -0.2) is 18.4 Å². The van der Waals surface area contributed by atoms with Crippen LogP contribution in [0.1, 0.15) is 18.4 Å². The molecule has 1 saturated carbocycles. The highest BCUT2D eigenvalue weighted by molar-refractivity contribution is 7.92. The molecular formula is C26H21F3N6O3S. The van der Waals surface area contributed by atoms with E-state index in [9.17, 15) is 26.9 Å². The van der Waals surface area contributed by atoms with Crippen molar-refractivity contribution in [1.29, 1.82) is 5.26 Å². The number of hydrogen-bond donors (Lipinski definition) is 1. The van der Waals surface area contributed by atoms with Gasteiger partial charge in [-0.15, -0.1) is 0 Å². The number of pyridine rings is 1. The number of hydrogen-bond acceptors (Lipinski definition) is 8. The first-order chi connectivity index (χ1) is 18.5. The van der Waals surface area contributed by atoms with Gasteiger partial charge in [0.15, 0.2) is 5.82 Å². The van der Waals surface area contributed by atoms with E-state index in [1.807, 2.05) is 6.07 Å². The fourth-order valence-corrected chi connectivity index (χ4v) is 4.36. The van der Waals surface area contributed by atoms with Crippen LogP contribution in [0.3, 0.4) is 0 Å². The van der Waals surface area contributed by atoms with E-state index in [0.29, 0.717) is 11.0 Å². The van der Waals surface area contributed by atoms with Crippen LogP contribution in [-0.4, -0.2) is 48.5 Å². The molecule has 2 aromatic heterocycles. The van der Waals surface area contributed by atoms with Crippen molar-refractivity contribution >= 4 is 38.2 Å². The molecule has 1 fully saturated rings. The molecule has 13 heteroatoms. The van der Waals surface area contributed by atoms with Crippen molar-refractivity contribution in [1.82, 2.24) is 15.0 Å². The Morgan fingerprint density at radius 2 is 1.74 bits per heavy atom. The first-order valence-electron chi connectivity index (χ1n) is 11.7. The Balaban J connectivity index is 1.43. The molecule has 0 atom stereocenters. The fourth-order valence-electron chi connectivity index (χ4n) is 3.88. The van der Waals surface area contributed by atoms with Crippen LogP contribution in [0.2, 0.25) is 0 Å². The summed E-state index contributed by atoms with van der Waals surface area (Å²) in [5, 5.41) is 9.51. The summed E-state index contributed by atoms with van der Waals surface area (Å²) in [5.74, 6) is 0.206. The highest BCUT2D eigenvalue weighted by atomic mass is 32.2. The number of rotatable bonds is 8. The lowest BCUT2D eigenvalue weighted by Gasteiger charge is -2.26. The van der Waals surface area contributed by atoms with Crippen molar-refractivity contribution in [2.24, 2.45) is 0 Å². The molecule has 0 radical (unpaired) electrons. The molecule has 1 N–H and O–H groups in total. The summed E-state index contributed by atoms with van der Waals surface area (Å²) < 4.78 is 71.3. The predicted molar refractivity (Wildman–Crippen MR) is 139 cm³/mol. The maximum atomic E-state index is 13.5. The van der Waals surface area contributed by atoms with Gasteiger partial charge in [0.2, 0.25) is 15.9 Å². The molecule has 5 rings (SSSR count). The minimum absolute atomic E-state index is 0.0124. The topological polar surface area (TPSA) is 121 Å². The van der Waals surface area contributed by atoms with E-state index >= 15 is 0 Å². The number of anilines is 3. The first kappa shape index (κ1) is 26.2. The molecule has 200 valence electrons. The van der Waals surface area contributed by atoms with E-state index in [2.05, 4.69) is 19.7 Å². The summed E-state index contributed by atoms with van der Waals surface area (Å²) in [4.78, 5) is 13.7. The Morgan fingerprint density at radius 3 is 2.38 bits per heavy atom. The highest BCUT2D eigenvalue weighted by Gasteiger charge is 2.32. The number of benzene rings is 2. The highest BCUT2D eigenvalue weighted by Crippen LogP contribution is 2.35. The molecule has 39 heavy (non-hydrogen) atoms. The number of fused-ring (bicyclic) bond motifs is 1. The summed E-state index contributed by atoms with van der Waals surface area (Å²) in [6.45, 7) is -1.28. The third-order valence-electron chi connectivity index (χ3n) is 5.75. The Hall–Kier alpha value is -4.44. The minimum Gasteiger partial charge on any atom is -0.473 e. The fraction of sp³-hybridized carbons (Fsp3) is 0.231. The van der Waals surface area contributed by atoms with Gasteiger partial charge in [-0.3, -0.25) is 9.71 Å². The summed E-state index contributed by atoms with van der Waals surface area (Å²) in [7, 11) is -3.50. The molecule has 1 aliphatic rings. The molecule has 4 aromatic rings. The van der Waals surface area contributed by atoms with E-state index in [1.54, 1.807) is 42.5 Å². The lowest BCUT2D eigenvalue weighted by molar-refractivity contribution is -0.118. The molecule has 0 unspecified atom stereocenters. The Bertz CT molecular complexity index is 1680. The molecular weight excluding hydrogens is 533 g/mol. The SMILES string of the molecule is CS(=O)(=O)Nc1cnc2cc(-c3ccc(N(CC(F)(F)F)c4cnc(OC5CC5)c(C#N)c4)cc3)ccc2n1. The minimum atomic E-state index is -4.52. The number of nitriles is 1. The zero-order valence-corrected chi connectivity index (χ0v) is 21.3. The van der Waals surface area contributed by atoms with E-state index in [1.165, 1.54) is 18.5 Å². The largest absolute Gasteiger partial charge is 0.473 e. The first-order valence-corrected chi connectivity index (χ1v) is 13.6. The quantitative estimate of drug-likeness (QED) is 0.316. The van der Waals surface area contributed by atoms with Crippen LogP contribution in [0, 0.1) is 11.3 Å². The van der Waals surface area contributed by atoms with Crippen LogP contribution < -0.4 is 14.4 Å². The standard InChI is InChI=1S/C26H21F3N6O3S/c1-39(36,37)34-24-14-31-23-11-17(4-9-22(23)33-24)16-2-5-19(6-3-16)35(15-26(27,28)29)20-10-18(12-30)25(32-13-20)38-21-7-8-21/h2-6,9-11,13-14,21H,7-8,15H2,1H3,(H,33,34). The van der Waals surface area contributed by atoms with E-state index < -0.39 is 22.7 Å². The van der Waals surface area contributed by atoms with Gasteiger partial charge in [-0.1, -0.05) is 18.2 Å². The zero-order chi connectivity index (χ0) is 27.8. The van der Waals surface area contributed by atoms with Crippen molar-refractivity contribution in [3.8, 4) is 23.1 Å². The van der Waals surface area contributed by atoms with Gasteiger partial charge in [-0.2, -0.15) is 18.4 Å². The lowest BCUT2D eigenvalue weighted by atomic mass is 10.0. The van der Waals surface area contributed by atoms with Crippen LogP contribution in [-0.2, 0) is 10.0 Å². The second kappa shape index (κ2) is 10.0. The second-order valence-corrected chi connectivity index (χ2v) is 10.8. The van der Waals surface area contributed by atoms with Gasteiger partial charge >= 0.3 is 6.18 Å². The maximum Gasteiger partial charge on any atom is 0.406 e. The average molecular weight is 555 g/mol. The van der Waals surface area contributed by atoms with Crippen molar-refractivity contribution in [3.05, 3.63) is 66.5 Å². The number of sulfonamides is 1. The van der Waals surface area contributed by atoms with Crippen molar-refractivity contribution < 1.29 is 26.3 Å². The number of alkyl halides is 3. The molecule has 0 bridgehead atoms. The summed E-state index contributed by atoms with van der Waals surface area (Å²) in [5.41, 5.74) is 2.87. The van der Waals surface area contributed by atoms with E-state index in [4.69, 9.17) is 4.74 Å². The van der Waals surface area contributed by atoms with Gasteiger partial charge < -0.3 is 9.64 Å². The smallest absolute Gasteiger partial charge is 0.406 e. The molecule has 0 spiro atoms. The van der Waals surface area contributed by atoms with E-state index in [-0.39, 0.29) is 34.7 Å². The van der Waals surface area contributed by atoms with Crippen LogP contribution in [0.25, 0.3) is 22.2 Å². The average Bonchev–Trinajstić information content (AvgIpc) is 3.70. The number of halogens is 3. The molecule has 0 amide bonds. The van der Waals surface area contributed by atoms with E-state index in [0.717, 1.165) is 35.1 Å². The third kappa shape index (κ3) is 6.53. The molecule has 9 nitrogen and oxygen atoms in total. The van der Waals surface area contributed by atoms with Crippen molar-refractivity contribution in [2.45, 2.75) is 25.1 Å². The molecule has 0 aliphatic heterocycles. The summed E-state index contributed by atoms with van der Waals surface area (Å²) in [6.07, 6.45) is 0.762. The summed E-state index contributed by atoms with van der Waals surface area (Å²) in [6, 6.07) is 14.9. The van der Waals surface area contributed by atoms with Gasteiger partial charge in [-0.05, 0) is 54.3 Å². The molecule has 1 aliphatic carbocycles. The van der Waals surface area contributed by atoms with Gasteiger partial charge in [0.1, 0.15) is 24.3 Å². The van der Waals surface area contributed by atoms with Crippen LogP contribution >= 0.6 is 0 Å². The Labute approximate surface area is 222 Å². The van der Waals surface area contributed by atoms with Crippen LogP contribution in [0.15, 0.2) is 60.9 Å². The monoisotopic (exact) mass is 554 g/mol. The maximum absolute atomic E-state index is 13.5. The van der Waals surface area contributed by atoms with Gasteiger partial charge in [0, 0.05) is 5.69 Å². The second-order valence-electron chi connectivity index (χ2n) is 9.06. The number of nitrogens with zero attached hydrogens (tertiary/aromatic N) is 5. The van der Waals surface area contributed by atoms with Gasteiger partial charge in [0.25, 0.3) is 0 Å². The lowest BCUT2D eigenvalue weighted by Crippen LogP contribution is -2.30. The number of ether oxygens (including phenoxy) is 1. The molecule has 2 aromatic carbocycles. The normalized spacial score (nSPS) is 13.6. The van der Waals surface area contributed by atoms with Crippen molar-refractivity contribution in [2.75, 3.05) is 22.4 Å². The van der Waals surface area contributed by atoms with Crippen LogP contribution in [0.4, 0.5) is 30.4 Å². The number of aromatic nitrogens is 3. The van der Waals surface area contributed by atoms with Gasteiger partial charge in [0.05, 0.1) is 35.4 Å². The molecule has 2 heterocycles. The van der Waals surface area contributed by atoms with Crippen molar-refractivity contribution in [3.63, 3.8) is 0 Å². The summed E-state index contributed by atoms with van der Waals surface area (Å²) >= 11 is 0. The Kier molecular flexibility index (Phi) is 6.73. The third-order valence-corrected chi connectivity index (χ3v) is 6.33. The molecule has 0 saturated heterocycles. The van der Waals surface area contributed by atoms with Crippen LogP contribution in [0.5, 0.6) is 5.88 Å². The predicted octanol–water partition coefficient (Wildman–Crippen LogP) is 5.18. The zero-order valence-electron chi connectivity index (χ0n) is 20.5. The number of nitrogens with one attached hydrogen (secondary N) is 1. The Morgan fingerprint density at radius 1 is 1.03 bits per heavy atom.